The number of aldehydes is 1. The Balaban J connectivity index is 1.91. The fourth-order valence-corrected chi connectivity index (χ4v) is 3.69. The van der Waals surface area contributed by atoms with Gasteiger partial charge in [-0.1, -0.05) is 30.3 Å². The summed E-state index contributed by atoms with van der Waals surface area (Å²) in [6.07, 6.45) is 2.36. The van der Waals surface area contributed by atoms with Crippen LogP contribution in [-0.2, 0) is 16.1 Å². The average molecular weight is 472 g/mol. The van der Waals surface area contributed by atoms with E-state index in [1.165, 1.54) is 4.57 Å². The number of hydrogen-bond acceptors (Lipinski definition) is 7. The summed E-state index contributed by atoms with van der Waals surface area (Å²) in [5.74, 6) is 0.294. The molecule has 35 heavy (non-hydrogen) atoms. The molecule has 0 amide bonds. The Bertz CT molecular complexity index is 1480. The first kappa shape index (κ1) is 23.8. The van der Waals surface area contributed by atoms with Crippen LogP contribution in [0.1, 0.15) is 31.1 Å². The van der Waals surface area contributed by atoms with Gasteiger partial charge in [0.05, 0.1) is 12.5 Å². The smallest absolute Gasteiger partial charge is 0.326 e. The maximum Gasteiger partial charge on any atom is 0.326 e. The molecule has 0 N–H and O–H groups in total. The first-order valence-electron chi connectivity index (χ1n) is 11.0. The van der Waals surface area contributed by atoms with Crippen LogP contribution >= 0.6 is 0 Å². The van der Waals surface area contributed by atoms with E-state index in [-0.39, 0.29) is 23.4 Å². The van der Waals surface area contributed by atoms with E-state index in [0.717, 1.165) is 11.8 Å². The standard InChI is InChI=1S/C27H25N3O5/c1-27(2,3)35-23(32)15-30-25(19-9-6-10-21(12-19)34-4)29-24-22(26(30)33)13-20(14-28-24)18-8-5-7-17(11-18)16-31/h5-14,16H,15H2,1-4H3. The van der Waals surface area contributed by atoms with Crippen LogP contribution in [-0.4, -0.2) is 39.5 Å². The number of fused-ring (bicyclic) bond motifs is 1. The zero-order chi connectivity index (χ0) is 25.2. The molecule has 4 aromatic rings. The third-order valence-electron chi connectivity index (χ3n) is 5.20. The van der Waals surface area contributed by atoms with Gasteiger partial charge in [0.2, 0.25) is 0 Å². The lowest BCUT2D eigenvalue weighted by Gasteiger charge is -2.20. The Morgan fingerprint density at radius 1 is 1.03 bits per heavy atom. The fourth-order valence-electron chi connectivity index (χ4n) is 3.69. The number of esters is 1. The minimum Gasteiger partial charge on any atom is -0.497 e. The molecule has 2 aromatic carbocycles. The quantitative estimate of drug-likeness (QED) is 0.305. The van der Waals surface area contributed by atoms with E-state index in [1.54, 1.807) is 82.6 Å². The van der Waals surface area contributed by atoms with Crippen LogP contribution in [0, 0.1) is 0 Å². The van der Waals surface area contributed by atoms with Crippen molar-refractivity contribution in [2.75, 3.05) is 7.11 Å². The van der Waals surface area contributed by atoms with Gasteiger partial charge in [0.25, 0.3) is 5.56 Å². The van der Waals surface area contributed by atoms with Gasteiger partial charge in [0.1, 0.15) is 30.0 Å². The molecule has 0 aliphatic rings. The van der Waals surface area contributed by atoms with Crippen molar-refractivity contribution in [2.24, 2.45) is 0 Å². The molecule has 2 aromatic heterocycles. The first-order chi connectivity index (χ1) is 16.7. The second kappa shape index (κ2) is 9.50. The number of pyridine rings is 1. The number of carbonyl (C=O) groups is 2. The molecule has 0 aliphatic carbocycles. The lowest BCUT2D eigenvalue weighted by atomic mass is 10.0. The van der Waals surface area contributed by atoms with Crippen LogP contribution in [0.5, 0.6) is 5.75 Å². The lowest BCUT2D eigenvalue weighted by Crippen LogP contribution is -2.32. The van der Waals surface area contributed by atoms with Crippen molar-refractivity contribution in [1.29, 1.82) is 0 Å². The van der Waals surface area contributed by atoms with E-state index in [0.29, 0.717) is 22.4 Å². The Labute approximate surface area is 202 Å². The number of aromatic nitrogens is 3. The van der Waals surface area contributed by atoms with E-state index in [4.69, 9.17) is 9.47 Å². The van der Waals surface area contributed by atoms with Crippen molar-refractivity contribution in [1.82, 2.24) is 14.5 Å². The van der Waals surface area contributed by atoms with E-state index < -0.39 is 17.1 Å². The van der Waals surface area contributed by atoms with Crippen LogP contribution < -0.4 is 10.3 Å². The minimum atomic E-state index is -0.709. The van der Waals surface area contributed by atoms with Crippen molar-refractivity contribution in [3.63, 3.8) is 0 Å². The molecule has 178 valence electrons. The van der Waals surface area contributed by atoms with Crippen LogP contribution in [0.15, 0.2) is 65.6 Å². The van der Waals surface area contributed by atoms with Gasteiger partial charge in [0, 0.05) is 22.9 Å². The van der Waals surface area contributed by atoms with Crippen molar-refractivity contribution < 1.29 is 19.1 Å². The van der Waals surface area contributed by atoms with Gasteiger partial charge in [-0.25, -0.2) is 9.97 Å². The summed E-state index contributed by atoms with van der Waals surface area (Å²) in [5, 5.41) is 0.245. The summed E-state index contributed by atoms with van der Waals surface area (Å²) >= 11 is 0. The van der Waals surface area contributed by atoms with E-state index in [2.05, 4.69) is 9.97 Å². The second-order valence-corrected chi connectivity index (χ2v) is 8.98. The van der Waals surface area contributed by atoms with E-state index in [9.17, 15) is 14.4 Å². The molecule has 0 unspecified atom stereocenters. The number of carbonyl (C=O) groups excluding carboxylic acids is 2. The molecule has 0 atom stereocenters. The largest absolute Gasteiger partial charge is 0.497 e. The topological polar surface area (TPSA) is 100 Å². The van der Waals surface area contributed by atoms with Crippen molar-refractivity contribution in [2.45, 2.75) is 32.9 Å². The second-order valence-electron chi connectivity index (χ2n) is 8.98. The van der Waals surface area contributed by atoms with Crippen molar-refractivity contribution in [3.8, 4) is 28.3 Å². The zero-order valence-corrected chi connectivity index (χ0v) is 19.9. The minimum absolute atomic E-state index is 0.239. The Hall–Kier alpha value is -4.33. The number of ether oxygens (including phenoxy) is 2. The SMILES string of the molecule is COc1cccc(-c2nc3ncc(-c4cccc(C=O)c4)cc3c(=O)n2CC(=O)OC(C)(C)C)c1. The van der Waals surface area contributed by atoms with E-state index in [1.807, 2.05) is 6.07 Å². The summed E-state index contributed by atoms with van der Waals surface area (Å²) in [7, 11) is 1.55. The predicted molar refractivity (Wildman–Crippen MR) is 132 cm³/mol. The maximum atomic E-state index is 13.7. The number of hydrogen-bond donors (Lipinski definition) is 0. The summed E-state index contributed by atoms with van der Waals surface area (Å²) in [5.41, 5.74) is 1.59. The van der Waals surface area contributed by atoms with Gasteiger partial charge in [-0.05, 0) is 50.6 Å². The molecule has 0 bridgehead atoms. The number of benzene rings is 2. The van der Waals surface area contributed by atoms with Crippen molar-refractivity contribution >= 4 is 23.3 Å². The Morgan fingerprint density at radius 3 is 2.49 bits per heavy atom. The lowest BCUT2D eigenvalue weighted by molar-refractivity contribution is -0.155. The molecular weight excluding hydrogens is 446 g/mol. The van der Waals surface area contributed by atoms with Crippen LogP contribution in [0.2, 0.25) is 0 Å². The molecule has 4 rings (SSSR count). The van der Waals surface area contributed by atoms with Gasteiger partial charge in [-0.2, -0.15) is 0 Å². The molecule has 0 radical (unpaired) electrons. The normalized spacial score (nSPS) is 11.3. The van der Waals surface area contributed by atoms with Gasteiger partial charge in [0.15, 0.2) is 5.65 Å². The van der Waals surface area contributed by atoms with Crippen LogP contribution in [0.25, 0.3) is 33.5 Å². The van der Waals surface area contributed by atoms with Crippen LogP contribution in [0.3, 0.4) is 0 Å². The number of nitrogens with zero attached hydrogens (tertiary/aromatic N) is 3. The monoisotopic (exact) mass is 471 g/mol. The zero-order valence-electron chi connectivity index (χ0n) is 19.9. The van der Waals surface area contributed by atoms with Gasteiger partial charge in [-0.15, -0.1) is 0 Å². The molecule has 0 spiro atoms. The fraction of sp³-hybridized carbons (Fsp3) is 0.222. The molecular formula is C27H25N3O5. The number of rotatable bonds is 6. The summed E-state index contributed by atoms with van der Waals surface area (Å²) < 4.78 is 12.1. The predicted octanol–water partition coefficient (Wildman–Crippen LogP) is 4.29. The third-order valence-corrected chi connectivity index (χ3v) is 5.20. The third kappa shape index (κ3) is 5.27. The molecule has 0 aliphatic heterocycles. The highest BCUT2D eigenvalue weighted by Gasteiger charge is 2.21. The first-order valence-corrected chi connectivity index (χ1v) is 11.0. The highest BCUT2D eigenvalue weighted by molar-refractivity contribution is 5.84. The van der Waals surface area contributed by atoms with Crippen molar-refractivity contribution in [3.05, 3.63) is 76.7 Å². The summed E-state index contributed by atoms with van der Waals surface area (Å²) in [6.45, 7) is 4.97. The maximum absolute atomic E-state index is 13.7. The van der Waals surface area contributed by atoms with Gasteiger partial charge < -0.3 is 9.47 Å². The molecule has 8 nitrogen and oxygen atoms in total. The van der Waals surface area contributed by atoms with Gasteiger partial charge in [-0.3, -0.25) is 19.0 Å². The average Bonchev–Trinajstić information content (AvgIpc) is 2.84. The molecule has 0 saturated carbocycles. The molecule has 2 heterocycles. The Kier molecular flexibility index (Phi) is 6.46. The molecule has 0 saturated heterocycles. The highest BCUT2D eigenvalue weighted by atomic mass is 16.6. The van der Waals surface area contributed by atoms with E-state index >= 15 is 0 Å². The van der Waals surface area contributed by atoms with Crippen LogP contribution in [0.4, 0.5) is 0 Å². The number of methoxy groups -OCH3 is 1. The van der Waals surface area contributed by atoms with Gasteiger partial charge >= 0.3 is 5.97 Å². The summed E-state index contributed by atoms with van der Waals surface area (Å²) in [6, 6.07) is 15.7. The molecule has 0 fully saturated rings. The Morgan fingerprint density at radius 2 is 1.77 bits per heavy atom. The summed E-state index contributed by atoms with van der Waals surface area (Å²) in [4.78, 5) is 46.6. The highest BCUT2D eigenvalue weighted by Crippen LogP contribution is 2.25. The molecule has 8 heteroatoms.